The van der Waals surface area contributed by atoms with Gasteiger partial charge in [0.1, 0.15) is 19.8 Å². The topological polar surface area (TPSA) is 129 Å². The molecule has 0 fully saturated rings. The fraction of sp³-hybridized carbons (Fsp3) is 0.652. The zero-order chi connectivity index (χ0) is 42.3. The van der Waals surface area contributed by atoms with E-state index in [1.54, 1.807) is 0 Å². The SMILES string of the molecule is CC/C=C\C(O)C/C=C/C=C\C/C=C\C/C=C\CCCC(=O)O[C@H](COC(=O)CCCCCCC/C=C\C/C=C\CCCCC)COP(=O)(O)OCC[N+](C)(C)C. The molecule has 0 aromatic carbocycles. The van der Waals surface area contributed by atoms with Crippen LogP contribution in [0.3, 0.4) is 0 Å². The predicted molar refractivity (Wildman–Crippen MR) is 235 cm³/mol. The number of nitrogens with zero attached hydrogens (tertiary/aromatic N) is 1. The molecular weight excluding hydrogens is 741 g/mol. The van der Waals surface area contributed by atoms with Gasteiger partial charge in [0.25, 0.3) is 0 Å². The van der Waals surface area contributed by atoms with Crippen LogP contribution in [0, 0.1) is 0 Å². The summed E-state index contributed by atoms with van der Waals surface area (Å²) in [5.41, 5.74) is 0. The van der Waals surface area contributed by atoms with Gasteiger partial charge in [-0.05, 0) is 77.0 Å². The average molecular weight is 821 g/mol. The van der Waals surface area contributed by atoms with Gasteiger partial charge in [-0.15, -0.1) is 0 Å². The van der Waals surface area contributed by atoms with Crippen LogP contribution in [-0.4, -0.2) is 86.1 Å². The summed E-state index contributed by atoms with van der Waals surface area (Å²) in [5.74, 6) is -0.917. The van der Waals surface area contributed by atoms with E-state index in [0.717, 1.165) is 57.8 Å². The molecule has 2 N–H and O–H groups in total. The first kappa shape index (κ1) is 54.2. The third-order valence-corrected chi connectivity index (χ3v) is 9.47. The number of aliphatic hydroxyl groups excluding tert-OH is 1. The van der Waals surface area contributed by atoms with E-state index in [4.69, 9.17) is 18.5 Å². The predicted octanol–water partition coefficient (Wildman–Crippen LogP) is 11.0. The number of hydrogen-bond donors (Lipinski definition) is 2. The van der Waals surface area contributed by atoms with Crippen molar-refractivity contribution in [2.45, 2.75) is 148 Å². The summed E-state index contributed by atoms with van der Waals surface area (Å²) in [6, 6.07) is 0. The number of phosphoric acid groups is 1. The van der Waals surface area contributed by atoms with Crippen molar-refractivity contribution in [2.24, 2.45) is 0 Å². The molecule has 11 heteroatoms. The van der Waals surface area contributed by atoms with Crippen LogP contribution < -0.4 is 0 Å². The van der Waals surface area contributed by atoms with E-state index >= 15 is 0 Å². The fourth-order valence-corrected chi connectivity index (χ4v) is 5.84. The zero-order valence-electron chi connectivity index (χ0n) is 36.1. The molecule has 0 aromatic rings. The van der Waals surface area contributed by atoms with E-state index in [2.05, 4.69) is 43.4 Å². The maximum atomic E-state index is 12.7. The molecule has 0 saturated heterocycles. The summed E-state index contributed by atoms with van der Waals surface area (Å²) in [5, 5.41) is 9.77. The van der Waals surface area contributed by atoms with Gasteiger partial charge in [0.2, 0.25) is 0 Å². The molecule has 57 heavy (non-hydrogen) atoms. The first-order valence-electron chi connectivity index (χ1n) is 21.4. The molecule has 0 heterocycles. The van der Waals surface area contributed by atoms with E-state index in [0.29, 0.717) is 36.7 Å². The minimum Gasteiger partial charge on any atom is -0.462 e. The standard InChI is InChI=1S/C46H78NO9P/c1-6-8-10-11-12-13-14-15-16-17-21-24-27-30-33-37-45(49)53-41-44(42-55-57(51,52)54-40-39-47(3,4)5)56-46(50)38-34-31-28-25-22-19-18-20-23-26-29-32-36-43(48)35-9-7-2/h9,12-13,15-16,18-19,23,25-26,28-29,32,35,43-44,48H,6-8,10-11,14,17,20-22,24,27,30-31,33-34,36-42H2,1-5H3/p+1/b13-12-,16-15-,19-18-,26-23-,28-25-,32-29+,35-9-/t43?,44-/m1/s1. The van der Waals surface area contributed by atoms with Gasteiger partial charge in [0.05, 0.1) is 33.9 Å². The third kappa shape index (κ3) is 41.1. The lowest BCUT2D eigenvalue weighted by molar-refractivity contribution is -0.870. The highest BCUT2D eigenvalue weighted by molar-refractivity contribution is 7.47. The number of quaternary nitrogens is 1. The van der Waals surface area contributed by atoms with E-state index in [1.165, 1.54) is 25.7 Å². The Bertz CT molecular complexity index is 1260. The maximum absolute atomic E-state index is 12.7. The molecule has 0 aliphatic rings. The minimum absolute atomic E-state index is 0.00624. The highest BCUT2D eigenvalue weighted by atomic mass is 31.2. The Hall–Kier alpha value is -2.85. The Kier molecular flexibility index (Phi) is 35.6. The Morgan fingerprint density at radius 1 is 0.649 bits per heavy atom. The molecule has 326 valence electrons. The van der Waals surface area contributed by atoms with Crippen LogP contribution in [0.25, 0.3) is 0 Å². The normalized spacial score (nSPS) is 15.0. The molecule has 0 aliphatic heterocycles. The molecule has 0 aromatic heterocycles. The van der Waals surface area contributed by atoms with Crippen molar-refractivity contribution in [1.29, 1.82) is 0 Å². The van der Waals surface area contributed by atoms with Crippen LogP contribution in [0.5, 0.6) is 0 Å². The van der Waals surface area contributed by atoms with Gasteiger partial charge in [-0.1, -0.05) is 131 Å². The monoisotopic (exact) mass is 821 g/mol. The van der Waals surface area contributed by atoms with Gasteiger partial charge < -0.3 is 24.0 Å². The van der Waals surface area contributed by atoms with Gasteiger partial charge >= 0.3 is 19.8 Å². The number of likely N-dealkylation sites (N-methyl/N-ethyl adjacent to an activating group) is 1. The van der Waals surface area contributed by atoms with Crippen LogP contribution >= 0.6 is 7.82 Å². The minimum atomic E-state index is -4.41. The average Bonchev–Trinajstić information content (AvgIpc) is 3.16. The number of esters is 2. The Morgan fingerprint density at radius 2 is 1.21 bits per heavy atom. The van der Waals surface area contributed by atoms with Crippen molar-refractivity contribution in [2.75, 3.05) is 47.5 Å². The molecule has 0 bridgehead atoms. The van der Waals surface area contributed by atoms with Gasteiger partial charge in [-0.25, -0.2) is 4.57 Å². The number of ether oxygens (including phenoxy) is 2. The summed E-state index contributed by atoms with van der Waals surface area (Å²) in [6.45, 7) is 4.03. The van der Waals surface area contributed by atoms with E-state index in [9.17, 15) is 24.2 Å². The van der Waals surface area contributed by atoms with Gasteiger partial charge in [0.15, 0.2) is 6.10 Å². The molecule has 0 rings (SSSR count). The molecule has 0 saturated carbocycles. The highest BCUT2D eigenvalue weighted by Crippen LogP contribution is 2.43. The van der Waals surface area contributed by atoms with Gasteiger partial charge in [0, 0.05) is 12.8 Å². The summed E-state index contributed by atoms with van der Waals surface area (Å²) < 4.78 is 34.2. The molecule has 2 unspecified atom stereocenters. The third-order valence-electron chi connectivity index (χ3n) is 8.48. The molecular formula is C46H79NO9P+. The summed E-state index contributed by atoms with van der Waals surface area (Å²) >= 11 is 0. The smallest absolute Gasteiger partial charge is 0.462 e. The van der Waals surface area contributed by atoms with Crippen molar-refractivity contribution in [3.63, 3.8) is 0 Å². The van der Waals surface area contributed by atoms with Crippen molar-refractivity contribution in [1.82, 2.24) is 0 Å². The Morgan fingerprint density at radius 3 is 1.86 bits per heavy atom. The van der Waals surface area contributed by atoms with E-state index in [-0.39, 0.29) is 26.1 Å². The summed E-state index contributed by atoms with van der Waals surface area (Å²) in [4.78, 5) is 35.3. The summed E-state index contributed by atoms with van der Waals surface area (Å²) in [7, 11) is 1.39. The number of carbonyl (C=O) groups excluding carboxylic acids is 2. The van der Waals surface area contributed by atoms with Gasteiger partial charge in [-0.2, -0.15) is 0 Å². The van der Waals surface area contributed by atoms with E-state index in [1.807, 2.05) is 76.7 Å². The largest absolute Gasteiger partial charge is 0.472 e. The fourth-order valence-electron chi connectivity index (χ4n) is 5.10. The van der Waals surface area contributed by atoms with Crippen LogP contribution in [-0.2, 0) is 32.7 Å². The van der Waals surface area contributed by atoms with Crippen molar-refractivity contribution in [3.8, 4) is 0 Å². The van der Waals surface area contributed by atoms with Gasteiger partial charge in [-0.3, -0.25) is 18.6 Å². The maximum Gasteiger partial charge on any atom is 0.472 e. The molecule has 0 amide bonds. The zero-order valence-corrected chi connectivity index (χ0v) is 37.0. The Balaban J connectivity index is 4.56. The molecule has 0 spiro atoms. The second-order valence-corrected chi connectivity index (χ2v) is 16.6. The second-order valence-electron chi connectivity index (χ2n) is 15.2. The van der Waals surface area contributed by atoms with Crippen LogP contribution in [0.15, 0.2) is 85.1 Å². The first-order chi connectivity index (χ1) is 27.4. The molecule has 10 nitrogen and oxygen atoms in total. The van der Waals surface area contributed by atoms with Crippen molar-refractivity contribution in [3.05, 3.63) is 85.1 Å². The lowest BCUT2D eigenvalue weighted by Gasteiger charge is -2.24. The van der Waals surface area contributed by atoms with E-state index < -0.39 is 38.6 Å². The lowest BCUT2D eigenvalue weighted by Crippen LogP contribution is -2.37. The second kappa shape index (κ2) is 37.4. The number of allylic oxidation sites excluding steroid dienone is 12. The number of hydrogen-bond acceptors (Lipinski definition) is 8. The van der Waals surface area contributed by atoms with Crippen molar-refractivity contribution >= 4 is 19.8 Å². The van der Waals surface area contributed by atoms with Crippen LogP contribution in [0.1, 0.15) is 136 Å². The van der Waals surface area contributed by atoms with Crippen molar-refractivity contribution < 1.29 is 47.2 Å². The number of carbonyl (C=O) groups is 2. The summed E-state index contributed by atoms with van der Waals surface area (Å²) in [6.07, 6.45) is 44.1. The number of aliphatic hydroxyl groups is 1. The van der Waals surface area contributed by atoms with Crippen LogP contribution in [0.2, 0.25) is 0 Å². The number of phosphoric ester groups is 1. The number of rotatable bonds is 37. The lowest BCUT2D eigenvalue weighted by atomic mass is 10.1. The molecule has 0 aliphatic carbocycles. The first-order valence-corrected chi connectivity index (χ1v) is 22.9. The quantitative estimate of drug-likeness (QED) is 0.0157. The highest BCUT2D eigenvalue weighted by Gasteiger charge is 2.27. The Labute approximate surface area is 346 Å². The molecule has 0 radical (unpaired) electrons. The number of unbranched alkanes of at least 4 members (excludes halogenated alkanes) is 9. The molecule has 3 atom stereocenters. The van der Waals surface area contributed by atoms with Crippen LogP contribution in [0.4, 0.5) is 0 Å².